The fourth-order valence-electron chi connectivity index (χ4n) is 1.92. The summed E-state index contributed by atoms with van der Waals surface area (Å²) < 4.78 is 10.9. The predicted molar refractivity (Wildman–Crippen MR) is 81.7 cm³/mol. The molecule has 0 aromatic carbocycles. The van der Waals surface area contributed by atoms with E-state index in [9.17, 15) is 4.79 Å². The second-order valence-electron chi connectivity index (χ2n) is 4.69. The van der Waals surface area contributed by atoms with Gasteiger partial charge < -0.3 is 9.47 Å². The molecular formula is C13H13ClN4O3S. The third-order valence-electron chi connectivity index (χ3n) is 2.98. The number of aryl methyl sites for hydroxylation is 1. The topological polar surface area (TPSA) is 86.2 Å². The Hall–Kier alpha value is -1.77. The second-order valence-corrected chi connectivity index (χ2v) is 6.28. The first-order valence-corrected chi connectivity index (χ1v) is 7.82. The summed E-state index contributed by atoms with van der Waals surface area (Å²) >= 11 is 7.42. The molecule has 2 aromatic heterocycles. The number of nitrogens with zero attached hydrogens (tertiary/aromatic N) is 3. The molecule has 1 aliphatic rings. The summed E-state index contributed by atoms with van der Waals surface area (Å²) in [5.41, 5.74) is 0.327. The van der Waals surface area contributed by atoms with Crippen LogP contribution in [0.25, 0.3) is 0 Å². The summed E-state index contributed by atoms with van der Waals surface area (Å²) in [4.78, 5) is 16.2. The summed E-state index contributed by atoms with van der Waals surface area (Å²) in [5, 5.41) is 11.8. The van der Waals surface area contributed by atoms with E-state index in [1.165, 1.54) is 23.6 Å². The molecule has 0 radical (unpaired) electrons. The van der Waals surface area contributed by atoms with E-state index in [-0.39, 0.29) is 17.0 Å². The lowest BCUT2D eigenvalue weighted by atomic mass is 10.2. The van der Waals surface area contributed by atoms with Crippen LogP contribution in [-0.2, 0) is 4.74 Å². The van der Waals surface area contributed by atoms with Gasteiger partial charge in [-0.25, -0.2) is 4.98 Å². The number of amides is 1. The number of carbonyl (C=O) groups excluding carboxylic acids is 1. The van der Waals surface area contributed by atoms with Gasteiger partial charge in [0.25, 0.3) is 5.91 Å². The molecule has 1 aliphatic heterocycles. The highest BCUT2D eigenvalue weighted by Gasteiger charge is 2.20. The van der Waals surface area contributed by atoms with Gasteiger partial charge in [0.2, 0.25) is 11.0 Å². The van der Waals surface area contributed by atoms with Crippen molar-refractivity contribution in [2.45, 2.75) is 19.4 Å². The molecule has 0 bridgehead atoms. The molecule has 0 spiro atoms. The van der Waals surface area contributed by atoms with Crippen LogP contribution in [0.3, 0.4) is 0 Å². The van der Waals surface area contributed by atoms with Gasteiger partial charge in [0, 0.05) is 12.6 Å². The van der Waals surface area contributed by atoms with E-state index in [4.69, 9.17) is 21.1 Å². The number of rotatable bonds is 4. The largest absolute Gasteiger partial charge is 0.471 e. The van der Waals surface area contributed by atoms with Crippen molar-refractivity contribution < 1.29 is 14.3 Å². The zero-order valence-electron chi connectivity index (χ0n) is 11.7. The Bertz CT molecular complexity index is 688. The first-order valence-electron chi connectivity index (χ1n) is 6.63. The molecule has 9 heteroatoms. The van der Waals surface area contributed by atoms with Crippen LogP contribution in [0.15, 0.2) is 12.3 Å². The highest BCUT2D eigenvalue weighted by Crippen LogP contribution is 2.25. The van der Waals surface area contributed by atoms with Crippen LogP contribution in [0.5, 0.6) is 5.88 Å². The van der Waals surface area contributed by atoms with E-state index in [2.05, 4.69) is 20.5 Å². The summed E-state index contributed by atoms with van der Waals surface area (Å²) in [7, 11) is 0. The molecule has 0 saturated carbocycles. The smallest absolute Gasteiger partial charge is 0.259 e. The van der Waals surface area contributed by atoms with E-state index in [1.807, 2.05) is 6.92 Å². The van der Waals surface area contributed by atoms with Gasteiger partial charge in [-0.3, -0.25) is 10.1 Å². The van der Waals surface area contributed by atoms with Gasteiger partial charge in [0.15, 0.2) is 0 Å². The lowest BCUT2D eigenvalue weighted by Gasteiger charge is -2.12. The van der Waals surface area contributed by atoms with Crippen molar-refractivity contribution in [2.75, 3.05) is 18.5 Å². The van der Waals surface area contributed by atoms with Crippen LogP contribution in [-0.4, -0.2) is 40.4 Å². The lowest BCUT2D eigenvalue weighted by molar-refractivity contribution is 0.102. The van der Waals surface area contributed by atoms with E-state index in [0.717, 1.165) is 11.4 Å². The molecule has 1 fully saturated rings. The summed E-state index contributed by atoms with van der Waals surface area (Å²) in [6, 6.07) is 1.52. The molecule has 1 atom stereocenters. The van der Waals surface area contributed by atoms with Crippen molar-refractivity contribution in [3.63, 3.8) is 0 Å². The quantitative estimate of drug-likeness (QED) is 0.919. The van der Waals surface area contributed by atoms with Gasteiger partial charge in [-0.1, -0.05) is 22.9 Å². The van der Waals surface area contributed by atoms with Crippen molar-refractivity contribution in [1.29, 1.82) is 0 Å². The zero-order valence-corrected chi connectivity index (χ0v) is 13.3. The number of pyridine rings is 1. The molecule has 1 amide bonds. The molecule has 1 N–H and O–H groups in total. The number of carbonyl (C=O) groups is 1. The summed E-state index contributed by atoms with van der Waals surface area (Å²) in [5.74, 6) is -0.0400. The molecule has 116 valence electrons. The first-order chi connectivity index (χ1) is 10.6. The van der Waals surface area contributed by atoms with Crippen LogP contribution in [0, 0.1) is 6.92 Å². The second kappa shape index (κ2) is 6.55. The molecule has 1 saturated heterocycles. The Morgan fingerprint density at radius 3 is 3.05 bits per heavy atom. The van der Waals surface area contributed by atoms with Gasteiger partial charge in [0.1, 0.15) is 16.1 Å². The minimum Gasteiger partial charge on any atom is -0.471 e. The minimum atomic E-state index is -0.346. The molecule has 3 heterocycles. The van der Waals surface area contributed by atoms with Gasteiger partial charge in [-0.2, -0.15) is 0 Å². The fourth-order valence-corrected chi connectivity index (χ4v) is 2.71. The maximum Gasteiger partial charge on any atom is 0.259 e. The van der Waals surface area contributed by atoms with Crippen molar-refractivity contribution >= 4 is 34.0 Å². The maximum atomic E-state index is 12.1. The van der Waals surface area contributed by atoms with Crippen LogP contribution in [0.4, 0.5) is 5.13 Å². The first kappa shape index (κ1) is 15.1. The Balaban J connectivity index is 1.69. The SMILES string of the molecule is Cc1nnc(NC(=O)c2cnc(OC3CCOC3)c(Cl)c2)s1. The van der Waals surface area contributed by atoms with E-state index in [0.29, 0.717) is 29.8 Å². The molecular weight excluding hydrogens is 328 g/mol. The molecule has 2 aromatic rings. The van der Waals surface area contributed by atoms with Crippen LogP contribution >= 0.6 is 22.9 Å². The zero-order chi connectivity index (χ0) is 15.5. The van der Waals surface area contributed by atoms with E-state index in [1.54, 1.807) is 0 Å². The summed E-state index contributed by atoms with van der Waals surface area (Å²) in [6.07, 6.45) is 2.17. The van der Waals surface area contributed by atoms with Gasteiger partial charge in [-0.05, 0) is 13.0 Å². The van der Waals surface area contributed by atoms with Crippen molar-refractivity contribution in [3.05, 3.63) is 27.9 Å². The summed E-state index contributed by atoms with van der Waals surface area (Å²) in [6.45, 7) is 3.01. The predicted octanol–water partition coefficient (Wildman–Crippen LogP) is 2.31. The van der Waals surface area contributed by atoms with Crippen LogP contribution in [0.1, 0.15) is 21.8 Å². The van der Waals surface area contributed by atoms with Crippen molar-refractivity contribution in [2.24, 2.45) is 0 Å². The molecule has 1 unspecified atom stereocenters. The molecule has 22 heavy (non-hydrogen) atoms. The van der Waals surface area contributed by atoms with Crippen LogP contribution in [0.2, 0.25) is 5.02 Å². The minimum absolute atomic E-state index is 0.0472. The normalized spacial score (nSPS) is 17.5. The standard InChI is InChI=1S/C13H13ClN4O3S/c1-7-17-18-13(22-7)16-11(19)8-4-10(14)12(15-5-8)21-9-2-3-20-6-9/h4-5,9H,2-3,6H2,1H3,(H,16,18,19). The Labute approximate surface area is 135 Å². The van der Waals surface area contributed by atoms with Crippen molar-refractivity contribution in [1.82, 2.24) is 15.2 Å². The lowest BCUT2D eigenvalue weighted by Crippen LogP contribution is -2.17. The number of anilines is 1. The highest BCUT2D eigenvalue weighted by atomic mass is 35.5. The average molecular weight is 341 g/mol. The van der Waals surface area contributed by atoms with Gasteiger partial charge in [-0.15, -0.1) is 10.2 Å². The number of halogens is 1. The average Bonchev–Trinajstić information content (AvgIpc) is 3.13. The number of nitrogens with one attached hydrogen (secondary N) is 1. The fraction of sp³-hybridized carbons (Fsp3) is 0.385. The van der Waals surface area contributed by atoms with Crippen molar-refractivity contribution in [3.8, 4) is 5.88 Å². The number of hydrogen-bond acceptors (Lipinski definition) is 7. The monoisotopic (exact) mass is 340 g/mol. The molecule has 0 aliphatic carbocycles. The van der Waals surface area contributed by atoms with Gasteiger partial charge in [0.05, 0.1) is 18.8 Å². The highest BCUT2D eigenvalue weighted by molar-refractivity contribution is 7.15. The molecule has 3 rings (SSSR count). The number of hydrogen-bond donors (Lipinski definition) is 1. The third-order valence-corrected chi connectivity index (χ3v) is 4.01. The molecule has 7 nitrogen and oxygen atoms in total. The maximum absolute atomic E-state index is 12.1. The van der Waals surface area contributed by atoms with E-state index >= 15 is 0 Å². The Morgan fingerprint density at radius 2 is 2.41 bits per heavy atom. The Kier molecular flexibility index (Phi) is 4.51. The number of ether oxygens (including phenoxy) is 2. The van der Waals surface area contributed by atoms with Crippen LogP contribution < -0.4 is 10.1 Å². The number of aromatic nitrogens is 3. The Morgan fingerprint density at radius 1 is 1.55 bits per heavy atom. The van der Waals surface area contributed by atoms with Gasteiger partial charge >= 0.3 is 0 Å². The third kappa shape index (κ3) is 3.52. The van der Waals surface area contributed by atoms with E-state index < -0.39 is 0 Å².